The lowest BCUT2D eigenvalue weighted by Gasteiger charge is -2.16. The summed E-state index contributed by atoms with van der Waals surface area (Å²) in [5, 5.41) is 4.77. The Bertz CT molecular complexity index is 630. The van der Waals surface area contributed by atoms with Gasteiger partial charge in [-0.1, -0.05) is 18.9 Å². The molecule has 106 valence electrons. The van der Waals surface area contributed by atoms with Crippen LogP contribution in [0.1, 0.15) is 49.8 Å². The Morgan fingerprint density at radius 1 is 1.30 bits per heavy atom. The number of pyridine rings is 1. The largest absolute Gasteiger partial charge is 0.385 e. The van der Waals surface area contributed by atoms with Gasteiger partial charge in [0, 0.05) is 33.7 Å². The number of halogens is 1. The highest BCUT2D eigenvalue weighted by molar-refractivity contribution is 9.10. The first-order valence-corrected chi connectivity index (χ1v) is 8.33. The third-order valence-electron chi connectivity index (χ3n) is 4.28. The van der Waals surface area contributed by atoms with Crippen molar-refractivity contribution in [3.05, 3.63) is 33.9 Å². The van der Waals surface area contributed by atoms with Crippen LogP contribution in [-0.2, 0) is 0 Å². The first kappa shape index (κ1) is 13.9. The molecule has 3 heteroatoms. The summed E-state index contributed by atoms with van der Waals surface area (Å²) >= 11 is 3.67. The molecule has 0 amide bonds. The smallest absolute Gasteiger partial charge is 0.0870 e. The summed E-state index contributed by atoms with van der Waals surface area (Å²) in [6, 6.07) is 6.55. The van der Waals surface area contributed by atoms with Gasteiger partial charge in [-0.3, -0.25) is 4.98 Å². The maximum absolute atomic E-state index is 4.97. The van der Waals surface area contributed by atoms with E-state index in [9.17, 15) is 0 Å². The number of nitrogens with one attached hydrogen (secondary N) is 1. The van der Waals surface area contributed by atoms with Gasteiger partial charge < -0.3 is 5.32 Å². The quantitative estimate of drug-likeness (QED) is 0.814. The van der Waals surface area contributed by atoms with Gasteiger partial charge >= 0.3 is 0 Å². The summed E-state index contributed by atoms with van der Waals surface area (Å²) in [5.74, 6) is 0.643. The second-order valence-electron chi connectivity index (χ2n) is 5.69. The van der Waals surface area contributed by atoms with Crippen molar-refractivity contribution in [3.63, 3.8) is 0 Å². The molecule has 1 heterocycles. The summed E-state index contributed by atoms with van der Waals surface area (Å²) in [7, 11) is 0. The van der Waals surface area contributed by atoms with Gasteiger partial charge in [0.1, 0.15) is 0 Å². The van der Waals surface area contributed by atoms with Crippen LogP contribution in [0.2, 0.25) is 0 Å². The van der Waals surface area contributed by atoms with E-state index in [-0.39, 0.29) is 0 Å². The monoisotopic (exact) mass is 332 g/mol. The van der Waals surface area contributed by atoms with Crippen LogP contribution >= 0.6 is 15.9 Å². The van der Waals surface area contributed by atoms with Crippen LogP contribution in [0.25, 0.3) is 10.9 Å². The number of anilines is 1. The highest BCUT2D eigenvalue weighted by atomic mass is 79.9. The number of benzene rings is 1. The van der Waals surface area contributed by atoms with Gasteiger partial charge in [-0.25, -0.2) is 0 Å². The molecule has 1 N–H and O–H groups in total. The zero-order valence-corrected chi connectivity index (χ0v) is 13.8. The van der Waals surface area contributed by atoms with Crippen LogP contribution in [-0.4, -0.2) is 11.5 Å². The molecule has 1 aromatic heterocycles. The number of hydrogen-bond donors (Lipinski definition) is 1. The molecule has 0 unspecified atom stereocenters. The lowest BCUT2D eigenvalue weighted by Crippen LogP contribution is -2.04. The summed E-state index contributed by atoms with van der Waals surface area (Å²) in [5.41, 5.74) is 4.88. The number of rotatable bonds is 3. The summed E-state index contributed by atoms with van der Waals surface area (Å²) < 4.78 is 1.09. The van der Waals surface area contributed by atoms with E-state index < -0.39 is 0 Å². The number of aryl methyl sites for hydroxylation is 1. The second kappa shape index (κ2) is 5.72. The summed E-state index contributed by atoms with van der Waals surface area (Å²) in [4.78, 5) is 4.97. The van der Waals surface area contributed by atoms with Crippen molar-refractivity contribution < 1.29 is 0 Å². The third kappa shape index (κ3) is 2.44. The Morgan fingerprint density at radius 2 is 2.05 bits per heavy atom. The zero-order chi connectivity index (χ0) is 14.1. The van der Waals surface area contributed by atoms with Gasteiger partial charge in [0.25, 0.3) is 0 Å². The van der Waals surface area contributed by atoms with Crippen molar-refractivity contribution >= 4 is 32.5 Å². The molecule has 0 aliphatic heterocycles. The van der Waals surface area contributed by atoms with E-state index in [1.807, 2.05) is 0 Å². The van der Waals surface area contributed by atoms with Crippen molar-refractivity contribution in [2.45, 2.75) is 45.4 Å². The molecule has 0 bridgehead atoms. The molecule has 2 nitrogen and oxygen atoms in total. The van der Waals surface area contributed by atoms with Crippen molar-refractivity contribution in [1.82, 2.24) is 4.98 Å². The number of aromatic nitrogens is 1. The fourth-order valence-corrected chi connectivity index (χ4v) is 3.68. The maximum atomic E-state index is 4.97. The molecule has 20 heavy (non-hydrogen) atoms. The van der Waals surface area contributed by atoms with E-state index >= 15 is 0 Å². The van der Waals surface area contributed by atoms with Gasteiger partial charge in [-0.15, -0.1) is 0 Å². The topological polar surface area (TPSA) is 24.9 Å². The molecular weight excluding hydrogens is 312 g/mol. The van der Waals surface area contributed by atoms with Crippen LogP contribution in [0.3, 0.4) is 0 Å². The lowest BCUT2D eigenvalue weighted by atomic mass is 10.00. The molecule has 0 radical (unpaired) electrons. The minimum absolute atomic E-state index is 0.643. The predicted octanol–water partition coefficient (Wildman–Crippen LogP) is 5.40. The Balaban J connectivity index is 2.21. The average molecular weight is 333 g/mol. The van der Waals surface area contributed by atoms with Crippen molar-refractivity contribution in [2.75, 3.05) is 11.9 Å². The van der Waals surface area contributed by atoms with Crippen LogP contribution < -0.4 is 5.32 Å². The highest BCUT2D eigenvalue weighted by Gasteiger charge is 2.20. The molecule has 2 aromatic rings. The van der Waals surface area contributed by atoms with Crippen LogP contribution in [0.5, 0.6) is 0 Å². The Morgan fingerprint density at radius 3 is 2.75 bits per heavy atom. The standard InChI is InChI=1S/C17H21BrN2/c1-3-19-15-10-14(12-6-4-5-7-12)20-17-13(18)9-8-11(2)16(15)17/h8-10,12H,3-7H2,1-2H3,(H,19,20). The fraction of sp³-hybridized carbons (Fsp3) is 0.471. The van der Waals surface area contributed by atoms with Gasteiger partial charge in [0.2, 0.25) is 0 Å². The second-order valence-corrected chi connectivity index (χ2v) is 6.55. The van der Waals surface area contributed by atoms with E-state index in [2.05, 4.69) is 53.3 Å². The Labute approximate surface area is 129 Å². The van der Waals surface area contributed by atoms with Crippen molar-refractivity contribution in [1.29, 1.82) is 0 Å². The molecule has 0 atom stereocenters. The summed E-state index contributed by atoms with van der Waals surface area (Å²) in [6.07, 6.45) is 5.26. The van der Waals surface area contributed by atoms with Crippen molar-refractivity contribution in [2.24, 2.45) is 0 Å². The van der Waals surface area contributed by atoms with E-state index in [4.69, 9.17) is 4.98 Å². The number of hydrogen-bond acceptors (Lipinski definition) is 2. The van der Waals surface area contributed by atoms with E-state index in [0.29, 0.717) is 5.92 Å². The molecule has 1 saturated carbocycles. The SMILES string of the molecule is CCNc1cc(C2CCCC2)nc2c(Br)ccc(C)c12. The Hall–Kier alpha value is -1.09. The molecular formula is C17H21BrN2. The molecule has 1 aliphatic rings. The maximum Gasteiger partial charge on any atom is 0.0870 e. The number of fused-ring (bicyclic) bond motifs is 1. The summed E-state index contributed by atoms with van der Waals surface area (Å²) in [6.45, 7) is 5.25. The molecule has 1 aromatic carbocycles. The first-order chi connectivity index (χ1) is 9.70. The van der Waals surface area contributed by atoms with E-state index in [1.165, 1.54) is 48.0 Å². The molecule has 0 saturated heterocycles. The minimum atomic E-state index is 0.643. The Kier molecular flexibility index (Phi) is 3.97. The number of nitrogens with zero attached hydrogens (tertiary/aromatic N) is 1. The van der Waals surface area contributed by atoms with Crippen molar-refractivity contribution in [3.8, 4) is 0 Å². The van der Waals surface area contributed by atoms with Crippen LogP contribution in [0.4, 0.5) is 5.69 Å². The normalized spacial score (nSPS) is 15.9. The average Bonchev–Trinajstić information content (AvgIpc) is 2.97. The van der Waals surface area contributed by atoms with Gasteiger partial charge in [0.05, 0.1) is 5.52 Å². The van der Waals surface area contributed by atoms with E-state index in [1.54, 1.807) is 0 Å². The first-order valence-electron chi connectivity index (χ1n) is 7.54. The van der Waals surface area contributed by atoms with Crippen LogP contribution in [0, 0.1) is 6.92 Å². The van der Waals surface area contributed by atoms with E-state index in [0.717, 1.165) is 16.5 Å². The van der Waals surface area contributed by atoms with Crippen LogP contribution in [0.15, 0.2) is 22.7 Å². The molecule has 0 spiro atoms. The van der Waals surface area contributed by atoms with Gasteiger partial charge in [-0.05, 0) is 60.3 Å². The minimum Gasteiger partial charge on any atom is -0.385 e. The molecule has 1 aliphatic carbocycles. The van der Waals surface area contributed by atoms with Gasteiger partial charge in [0.15, 0.2) is 0 Å². The fourth-order valence-electron chi connectivity index (χ4n) is 3.26. The molecule has 1 fully saturated rings. The van der Waals surface area contributed by atoms with Gasteiger partial charge in [-0.2, -0.15) is 0 Å². The zero-order valence-electron chi connectivity index (χ0n) is 12.2. The predicted molar refractivity (Wildman–Crippen MR) is 89.6 cm³/mol. The molecule has 3 rings (SSSR count). The third-order valence-corrected chi connectivity index (χ3v) is 4.92. The highest BCUT2D eigenvalue weighted by Crippen LogP contribution is 2.38. The lowest BCUT2D eigenvalue weighted by molar-refractivity contribution is 0.701.